The van der Waals surface area contributed by atoms with Gasteiger partial charge in [0.25, 0.3) is 0 Å². The number of rotatable bonds is 3. The molecule has 1 nitrogen and oxygen atoms in total. The zero-order valence-corrected chi connectivity index (χ0v) is 6.52. The molecular weight excluding hydrogens is 112 g/mol. The summed E-state index contributed by atoms with van der Waals surface area (Å²) in [5.41, 5.74) is 1.07. The molecule has 54 valence electrons. The van der Waals surface area contributed by atoms with Crippen LogP contribution in [0.1, 0.15) is 27.2 Å². The number of allylic oxidation sites excluding steroid dienone is 1. The fourth-order valence-electron chi connectivity index (χ4n) is 0.656. The molecule has 0 bridgehead atoms. The van der Waals surface area contributed by atoms with E-state index in [0.29, 0.717) is 5.92 Å². The Bertz CT molecular complexity index is 94.7. The summed E-state index contributed by atoms with van der Waals surface area (Å²) < 4.78 is 0. The third kappa shape index (κ3) is 4.22. The Hall–Kier alpha value is -0.300. The highest BCUT2D eigenvalue weighted by Gasteiger charge is 1.92. The molecule has 0 amide bonds. The molecule has 1 N–H and O–H groups in total. The monoisotopic (exact) mass is 128 g/mol. The van der Waals surface area contributed by atoms with Gasteiger partial charge in [0.15, 0.2) is 0 Å². The minimum absolute atomic E-state index is 0.199. The van der Waals surface area contributed by atoms with Gasteiger partial charge < -0.3 is 5.11 Å². The van der Waals surface area contributed by atoms with Crippen LogP contribution in [0.3, 0.4) is 0 Å². The van der Waals surface area contributed by atoms with Crippen LogP contribution in [0, 0.1) is 5.92 Å². The lowest BCUT2D eigenvalue weighted by atomic mass is 10.1. The largest absolute Gasteiger partial charge is 0.392 e. The third-order valence-electron chi connectivity index (χ3n) is 1.46. The van der Waals surface area contributed by atoms with E-state index in [-0.39, 0.29) is 6.61 Å². The molecular formula is C8H16O. The van der Waals surface area contributed by atoms with Crippen LogP contribution >= 0.6 is 0 Å². The summed E-state index contributed by atoms with van der Waals surface area (Å²) in [7, 11) is 0. The predicted octanol–water partition coefficient (Wildman–Crippen LogP) is 1.97. The Morgan fingerprint density at radius 2 is 2.22 bits per heavy atom. The van der Waals surface area contributed by atoms with E-state index >= 15 is 0 Å². The highest BCUT2D eigenvalue weighted by Crippen LogP contribution is 2.05. The van der Waals surface area contributed by atoms with Gasteiger partial charge in [-0.15, -0.1) is 0 Å². The summed E-state index contributed by atoms with van der Waals surface area (Å²) >= 11 is 0. The van der Waals surface area contributed by atoms with Crippen LogP contribution in [-0.2, 0) is 0 Å². The summed E-state index contributed by atoms with van der Waals surface area (Å²) in [5.74, 6) is 0.608. The molecule has 0 heterocycles. The summed E-state index contributed by atoms with van der Waals surface area (Å²) in [4.78, 5) is 0. The Morgan fingerprint density at radius 3 is 2.56 bits per heavy atom. The van der Waals surface area contributed by atoms with Gasteiger partial charge in [-0.25, -0.2) is 0 Å². The molecule has 0 rings (SSSR count). The zero-order chi connectivity index (χ0) is 7.28. The molecule has 9 heavy (non-hydrogen) atoms. The first kappa shape index (κ1) is 8.70. The maximum absolute atomic E-state index is 8.61. The average molecular weight is 128 g/mol. The van der Waals surface area contributed by atoms with Crippen LogP contribution in [0.15, 0.2) is 11.6 Å². The number of aliphatic hydroxyl groups excluding tert-OH is 1. The van der Waals surface area contributed by atoms with Crippen molar-refractivity contribution in [2.24, 2.45) is 5.92 Å². The van der Waals surface area contributed by atoms with Gasteiger partial charge in [-0.3, -0.25) is 0 Å². The topological polar surface area (TPSA) is 20.2 Å². The summed E-state index contributed by atoms with van der Waals surface area (Å²) in [5, 5.41) is 8.61. The Balaban J connectivity index is 3.64. The van der Waals surface area contributed by atoms with E-state index in [4.69, 9.17) is 5.11 Å². The van der Waals surface area contributed by atoms with Crippen molar-refractivity contribution in [1.29, 1.82) is 0 Å². The maximum atomic E-state index is 8.61. The first-order valence-electron chi connectivity index (χ1n) is 3.48. The molecule has 1 unspecified atom stereocenters. The minimum Gasteiger partial charge on any atom is -0.392 e. The van der Waals surface area contributed by atoms with Gasteiger partial charge in [0, 0.05) is 0 Å². The van der Waals surface area contributed by atoms with Gasteiger partial charge in [-0.2, -0.15) is 0 Å². The van der Waals surface area contributed by atoms with E-state index in [1.807, 2.05) is 6.92 Å². The fourth-order valence-corrected chi connectivity index (χ4v) is 0.656. The first-order valence-corrected chi connectivity index (χ1v) is 3.48. The van der Waals surface area contributed by atoms with Crippen LogP contribution in [0.4, 0.5) is 0 Å². The standard InChI is InChI=1S/C8H16O/c1-4-7(2)5-8(3)6-9/h5,7,9H,4,6H2,1-3H3. The van der Waals surface area contributed by atoms with Crippen molar-refractivity contribution >= 4 is 0 Å². The van der Waals surface area contributed by atoms with Gasteiger partial charge in [0.05, 0.1) is 6.61 Å². The lowest BCUT2D eigenvalue weighted by Gasteiger charge is -2.01. The number of hydrogen-bond donors (Lipinski definition) is 1. The first-order chi connectivity index (χ1) is 4.20. The Labute approximate surface area is 57.4 Å². The fraction of sp³-hybridized carbons (Fsp3) is 0.750. The zero-order valence-electron chi connectivity index (χ0n) is 6.52. The molecule has 1 atom stereocenters. The maximum Gasteiger partial charge on any atom is 0.0639 e. The summed E-state index contributed by atoms with van der Waals surface area (Å²) in [6, 6.07) is 0. The molecule has 0 aliphatic heterocycles. The molecule has 0 aliphatic carbocycles. The summed E-state index contributed by atoms with van der Waals surface area (Å²) in [6.07, 6.45) is 3.26. The summed E-state index contributed by atoms with van der Waals surface area (Å²) in [6.45, 7) is 6.45. The third-order valence-corrected chi connectivity index (χ3v) is 1.46. The lowest BCUT2D eigenvalue weighted by Crippen LogP contribution is -1.90. The van der Waals surface area contributed by atoms with Crippen molar-refractivity contribution in [3.05, 3.63) is 11.6 Å². The molecule has 0 aliphatic rings. The van der Waals surface area contributed by atoms with E-state index in [1.54, 1.807) is 0 Å². The molecule has 0 saturated heterocycles. The van der Waals surface area contributed by atoms with Gasteiger partial charge in [0.1, 0.15) is 0 Å². The van der Waals surface area contributed by atoms with Crippen molar-refractivity contribution in [3.63, 3.8) is 0 Å². The van der Waals surface area contributed by atoms with Crippen LogP contribution in [0.2, 0.25) is 0 Å². The van der Waals surface area contributed by atoms with Crippen LogP contribution in [0.25, 0.3) is 0 Å². The van der Waals surface area contributed by atoms with Crippen LogP contribution < -0.4 is 0 Å². The van der Waals surface area contributed by atoms with E-state index in [2.05, 4.69) is 19.9 Å². The van der Waals surface area contributed by atoms with Crippen LogP contribution in [0.5, 0.6) is 0 Å². The van der Waals surface area contributed by atoms with Crippen LogP contribution in [-0.4, -0.2) is 11.7 Å². The number of hydrogen-bond acceptors (Lipinski definition) is 1. The van der Waals surface area contributed by atoms with Crippen molar-refractivity contribution in [1.82, 2.24) is 0 Å². The highest BCUT2D eigenvalue weighted by atomic mass is 16.3. The van der Waals surface area contributed by atoms with Gasteiger partial charge >= 0.3 is 0 Å². The van der Waals surface area contributed by atoms with Crippen molar-refractivity contribution in [2.75, 3.05) is 6.61 Å². The molecule has 0 saturated carbocycles. The van der Waals surface area contributed by atoms with Gasteiger partial charge in [-0.1, -0.05) is 31.9 Å². The smallest absolute Gasteiger partial charge is 0.0639 e. The van der Waals surface area contributed by atoms with E-state index in [9.17, 15) is 0 Å². The van der Waals surface area contributed by atoms with Gasteiger partial charge in [-0.05, 0) is 12.8 Å². The Morgan fingerprint density at radius 1 is 1.67 bits per heavy atom. The second kappa shape index (κ2) is 4.57. The van der Waals surface area contributed by atoms with Crippen molar-refractivity contribution in [3.8, 4) is 0 Å². The second-order valence-electron chi connectivity index (χ2n) is 2.56. The Kier molecular flexibility index (Phi) is 4.41. The number of aliphatic hydroxyl groups is 1. The predicted molar refractivity (Wildman–Crippen MR) is 40.3 cm³/mol. The van der Waals surface area contributed by atoms with Gasteiger partial charge in [0.2, 0.25) is 0 Å². The lowest BCUT2D eigenvalue weighted by molar-refractivity contribution is 0.330. The molecule has 0 aromatic carbocycles. The normalized spacial score (nSPS) is 15.8. The molecule has 1 heteroatoms. The quantitative estimate of drug-likeness (QED) is 0.576. The second-order valence-corrected chi connectivity index (χ2v) is 2.56. The van der Waals surface area contributed by atoms with E-state index in [1.165, 1.54) is 0 Å². The SMILES string of the molecule is CCC(C)C=C(C)CO. The average Bonchev–Trinajstić information content (AvgIpc) is 1.87. The molecule has 0 aromatic rings. The van der Waals surface area contributed by atoms with E-state index in [0.717, 1.165) is 12.0 Å². The molecule has 0 aromatic heterocycles. The highest BCUT2D eigenvalue weighted by molar-refractivity contribution is 4.99. The molecule has 0 radical (unpaired) electrons. The molecule has 0 spiro atoms. The molecule has 0 fully saturated rings. The van der Waals surface area contributed by atoms with Crippen molar-refractivity contribution < 1.29 is 5.11 Å². The van der Waals surface area contributed by atoms with Crippen molar-refractivity contribution in [2.45, 2.75) is 27.2 Å². The van der Waals surface area contributed by atoms with E-state index < -0.39 is 0 Å². The minimum atomic E-state index is 0.199.